The van der Waals surface area contributed by atoms with E-state index in [2.05, 4.69) is 16.5 Å². The minimum absolute atomic E-state index is 0.307. The van der Waals surface area contributed by atoms with Crippen molar-refractivity contribution in [1.29, 1.82) is 0 Å². The second-order valence-corrected chi connectivity index (χ2v) is 8.42. The molecule has 1 fully saturated rings. The van der Waals surface area contributed by atoms with Crippen LogP contribution in [0.15, 0.2) is 53.4 Å². The Morgan fingerprint density at radius 3 is 2.42 bits per heavy atom. The summed E-state index contributed by atoms with van der Waals surface area (Å²) in [5.41, 5.74) is 2.28. The van der Waals surface area contributed by atoms with Crippen molar-refractivity contribution in [1.82, 2.24) is 4.72 Å². The number of rotatable bonds is 7. The largest absolute Gasteiger partial charge is 0.497 e. The van der Waals surface area contributed by atoms with E-state index in [4.69, 9.17) is 4.74 Å². The summed E-state index contributed by atoms with van der Waals surface area (Å²) in [6.07, 6.45) is 1.88. The molecule has 0 amide bonds. The average Bonchev–Trinajstić information content (AvgIpc) is 3.16. The summed E-state index contributed by atoms with van der Waals surface area (Å²) in [4.78, 5) is 2.62. The fourth-order valence-electron chi connectivity index (χ4n) is 3.24. The number of methoxy groups -OCH3 is 1. The lowest BCUT2D eigenvalue weighted by atomic mass is 10.1. The molecule has 1 aliphatic heterocycles. The second kappa shape index (κ2) is 8.10. The van der Waals surface area contributed by atoms with Crippen molar-refractivity contribution in [3.05, 3.63) is 54.1 Å². The molecule has 0 aromatic heterocycles. The summed E-state index contributed by atoms with van der Waals surface area (Å²) in [6.45, 7) is 4.30. The van der Waals surface area contributed by atoms with E-state index < -0.39 is 10.0 Å². The van der Waals surface area contributed by atoms with Crippen molar-refractivity contribution in [2.24, 2.45) is 5.92 Å². The van der Waals surface area contributed by atoms with Gasteiger partial charge in [0.2, 0.25) is 10.0 Å². The molecule has 2 aromatic carbocycles. The Bertz CT molecular complexity index is 817. The van der Waals surface area contributed by atoms with Crippen molar-refractivity contribution < 1.29 is 13.2 Å². The first-order chi connectivity index (χ1) is 12.5. The lowest BCUT2D eigenvalue weighted by molar-refractivity contribution is 0.415. The van der Waals surface area contributed by atoms with E-state index in [1.165, 1.54) is 0 Å². The van der Waals surface area contributed by atoms with E-state index in [0.29, 0.717) is 17.4 Å². The van der Waals surface area contributed by atoms with Crippen molar-refractivity contribution in [3.8, 4) is 5.75 Å². The van der Waals surface area contributed by atoms with Gasteiger partial charge in [-0.1, -0.05) is 19.1 Å². The van der Waals surface area contributed by atoms with Crippen LogP contribution in [-0.4, -0.2) is 35.2 Å². The van der Waals surface area contributed by atoms with Crippen LogP contribution in [-0.2, 0) is 16.4 Å². The zero-order chi connectivity index (χ0) is 18.6. The summed E-state index contributed by atoms with van der Waals surface area (Å²) < 4.78 is 32.9. The Kier molecular flexibility index (Phi) is 5.84. The predicted octanol–water partition coefficient (Wildman–Crippen LogP) is 3.06. The minimum atomic E-state index is -3.45. The molecule has 140 valence electrons. The van der Waals surface area contributed by atoms with Crippen LogP contribution in [0.2, 0.25) is 0 Å². The van der Waals surface area contributed by atoms with Crippen molar-refractivity contribution in [2.75, 3.05) is 31.6 Å². The summed E-state index contributed by atoms with van der Waals surface area (Å²) in [5.74, 6) is 1.15. The standard InChI is InChI=1S/C20H26N2O3S/c1-3-16-4-10-20(11-5-16)26(23,24)21-14-17-12-13-22(15-17)18-6-8-19(25-2)9-7-18/h4-11,17,21H,3,12-15H2,1-2H3. The molecule has 1 aliphatic rings. The molecule has 0 aliphatic carbocycles. The first-order valence-corrected chi connectivity index (χ1v) is 10.5. The third-order valence-electron chi connectivity index (χ3n) is 4.93. The van der Waals surface area contributed by atoms with Gasteiger partial charge in [-0.05, 0) is 60.7 Å². The van der Waals surface area contributed by atoms with E-state index in [0.717, 1.165) is 42.9 Å². The number of hydrogen-bond acceptors (Lipinski definition) is 4. The molecule has 0 saturated carbocycles. The molecule has 26 heavy (non-hydrogen) atoms. The quantitative estimate of drug-likeness (QED) is 0.809. The van der Waals surface area contributed by atoms with Crippen molar-refractivity contribution in [3.63, 3.8) is 0 Å². The van der Waals surface area contributed by atoms with Crippen LogP contribution < -0.4 is 14.4 Å². The Hall–Kier alpha value is -2.05. The smallest absolute Gasteiger partial charge is 0.240 e. The van der Waals surface area contributed by atoms with Gasteiger partial charge in [0.1, 0.15) is 5.75 Å². The highest BCUT2D eigenvalue weighted by Crippen LogP contribution is 2.25. The van der Waals surface area contributed by atoms with Gasteiger partial charge < -0.3 is 9.64 Å². The second-order valence-electron chi connectivity index (χ2n) is 6.65. The van der Waals surface area contributed by atoms with Gasteiger partial charge in [-0.2, -0.15) is 0 Å². The third-order valence-corrected chi connectivity index (χ3v) is 6.37. The number of aryl methyl sites for hydroxylation is 1. The lowest BCUT2D eigenvalue weighted by Crippen LogP contribution is -2.31. The van der Waals surface area contributed by atoms with Gasteiger partial charge in [-0.3, -0.25) is 0 Å². The maximum absolute atomic E-state index is 12.5. The van der Waals surface area contributed by atoms with Crippen LogP contribution >= 0.6 is 0 Å². The normalized spacial score (nSPS) is 17.5. The Morgan fingerprint density at radius 2 is 1.81 bits per heavy atom. The maximum Gasteiger partial charge on any atom is 0.240 e. The Morgan fingerprint density at radius 1 is 1.12 bits per heavy atom. The predicted molar refractivity (Wildman–Crippen MR) is 104 cm³/mol. The van der Waals surface area contributed by atoms with Crippen LogP contribution in [0.1, 0.15) is 18.9 Å². The molecule has 2 aromatic rings. The molecule has 6 heteroatoms. The number of hydrogen-bond donors (Lipinski definition) is 1. The highest BCUT2D eigenvalue weighted by atomic mass is 32.2. The lowest BCUT2D eigenvalue weighted by Gasteiger charge is -2.19. The number of sulfonamides is 1. The maximum atomic E-state index is 12.5. The van der Waals surface area contributed by atoms with Crippen LogP contribution in [0.25, 0.3) is 0 Å². The number of nitrogens with one attached hydrogen (secondary N) is 1. The molecule has 1 atom stereocenters. The van der Waals surface area contributed by atoms with E-state index >= 15 is 0 Å². The fraction of sp³-hybridized carbons (Fsp3) is 0.400. The molecule has 3 rings (SSSR count). The van der Waals surface area contributed by atoms with Gasteiger partial charge in [-0.25, -0.2) is 13.1 Å². The average molecular weight is 375 g/mol. The Labute approximate surface area is 156 Å². The summed E-state index contributed by atoms with van der Waals surface area (Å²) in [5, 5.41) is 0. The van der Waals surface area contributed by atoms with E-state index in [1.54, 1.807) is 19.2 Å². The van der Waals surface area contributed by atoms with E-state index in [-0.39, 0.29) is 0 Å². The SMILES string of the molecule is CCc1ccc(S(=O)(=O)NCC2CCN(c3ccc(OC)cc3)C2)cc1. The zero-order valence-corrected chi connectivity index (χ0v) is 16.1. The van der Waals surface area contributed by atoms with Gasteiger partial charge in [0, 0.05) is 25.3 Å². The molecule has 1 heterocycles. The van der Waals surface area contributed by atoms with E-state index in [1.807, 2.05) is 36.4 Å². The first-order valence-electron chi connectivity index (χ1n) is 8.99. The van der Waals surface area contributed by atoms with Crippen LogP contribution in [0, 0.1) is 5.92 Å². The van der Waals surface area contributed by atoms with Gasteiger partial charge in [0.05, 0.1) is 12.0 Å². The highest BCUT2D eigenvalue weighted by molar-refractivity contribution is 7.89. The summed E-state index contributed by atoms with van der Waals surface area (Å²) in [7, 11) is -1.79. The van der Waals surface area contributed by atoms with Crippen LogP contribution in [0.5, 0.6) is 5.75 Å². The Balaban J connectivity index is 1.56. The summed E-state index contributed by atoms with van der Waals surface area (Å²) in [6, 6.07) is 15.1. The number of ether oxygens (including phenoxy) is 1. The van der Waals surface area contributed by atoms with Gasteiger partial charge in [-0.15, -0.1) is 0 Å². The molecule has 0 bridgehead atoms. The molecular formula is C20H26N2O3S. The summed E-state index contributed by atoms with van der Waals surface area (Å²) >= 11 is 0. The van der Waals surface area contributed by atoms with Gasteiger partial charge >= 0.3 is 0 Å². The zero-order valence-electron chi connectivity index (χ0n) is 15.3. The molecule has 1 unspecified atom stereocenters. The van der Waals surface area contributed by atoms with Crippen molar-refractivity contribution in [2.45, 2.75) is 24.7 Å². The monoisotopic (exact) mass is 374 g/mol. The van der Waals surface area contributed by atoms with E-state index in [9.17, 15) is 8.42 Å². The van der Waals surface area contributed by atoms with Crippen LogP contribution in [0.3, 0.4) is 0 Å². The molecular weight excluding hydrogens is 348 g/mol. The number of benzene rings is 2. The highest BCUT2D eigenvalue weighted by Gasteiger charge is 2.24. The molecule has 1 saturated heterocycles. The molecule has 0 radical (unpaired) electrons. The van der Waals surface area contributed by atoms with Gasteiger partial charge in [0.15, 0.2) is 0 Å². The first kappa shape index (κ1) is 18.7. The van der Waals surface area contributed by atoms with Gasteiger partial charge in [0.25, 0.3) is 0 Å². The molecule has 0 spiro atoms. The van der Waals surface area contributed by atoms with Crippen molar-refractivity contribution >= 4 is 15.7 Å². The number of anilines is 1. The topological polar surface area (TPSA) is 58.6 Å². The third kappa shape index (κ3) is 4.37. The molecule has 5 nitrogen and oxygen atoms in total. The minimum Gasteiger partial charge on any atom is -0.497 e. The fourth-order valence-corrected chi connectivity index (χ4v) is 4.36. The number of nitrogens with zero attached hydrogens (tertiary/aromatic N) is 1. The van der Waals surface area contributed by atoms with Crippen LogP contribution in [0.4, 0.5) is 5.69 Å². The molecule has 1 N–H and O–H groups in total.